The lowest BCUT2D eigenvalue weighted by molar-refractivity contribution is -0.432. The fraction of sp³-hybridized carbons (Fsp3) is 0.476. The minimum absolute atomic E-state index is 0.00301. The van der Waals surface area contributed by atoms with E-state index in [-0.39, 0.29) is 29.2 Å². The first-order valence-electron chi connectivity index (χ1n) is 9.42. The van der Waals surface area contributed by atoms with Crippen molar-refractivity contribution in [2.45, 2.75) is 53.5 Å². The van der Waals surface area contributed by atoms with E-state index in [0.717, 1.165) is 0 Å². The van der Waals surface area contributed by atoms with Gasteiger partial charge < -0.3 is 10.4 Å². The average molecular weight is 409 g/mol. The van der Waals surface area contributed by atoms with Crippen molar-refractivity contribution in [3.63, 3.8) is 0 Å². The number of hydrogen-bond acceptors (Lipinski definition) is 4. The minimum atomic E-state index is -0.729. The zero-order chi connectivity index (χ0) is 21.4. The van der Waals surface area contributed by atoms with Gasteiger partial charge in [-0.05, 0) is 24.1 Å². The van der Waals surface area contributed by atoms with Gasteiger partial charge in [-0.15, -0.1) is 0 Å². The van der Waals surface area contributed by atoms with Gasteiger partial charge in [-0.1, -0.05) is 58.4 Å². The molecule has 1 atom stereocenters. The van der Waals surface area contributed by atoms with Crippen LogP contribution in [0.5, 0.6) is 0 Å². The van der Waals surface area contributed by atoms with Crippen molar-refractivity contribution >= 4 is 17.5 Å². The van der Waals surface area contributed by atoms with Crippen molar-refractivity contribution in [3.8, 4) is 0 Å². The summed E-state index contributed by atoms with van der Waals surface area (Å²) in [6, 6.07) is 6.11. The van der Waals surface area contributed by atoms with Gasteiger partial charge in [0.05, 0.1) is 11.0 Å². The Labute approximate surface area is 171 Å². The predicted octanol–water partition coefficient (Wildman–Crippen LogP) is 5.58. The van der Waals surface area contributed by atoms with E-state index in [2.05, 4.69) is 5.32 Å². The Balaban J connectivity index is 3.64. The van der Waals surface area contributed by atoms with Gasteiger partial charge in [0.2, 0.25) is 11.6 Å². The summed E-state index contributed by atoms with van der Waals surface area (Å²) in [5.41, 5.74) is 0.951. The van der Waals surface area contributed by atoms with E-state index in [1.165, 1.54) is 6.08 Å². The number of nitrogens with one attached hydrogen (secondary N) is 1. The number of benzene rings is 1. The molecule has 1 aromatic rings. The summed E-state index contributed by atoms with van der Waals surface area (Å²) in [5.74, 6) is -0.833. The van der Waals surface area contributed by atoms with Crippen LogP contribution in [-0.4, -0.2) is 15.9 Å². The molecule has 0 bridgehead atoms. The molecule has 0 heterocycles. The van der Waals surface area contributed by atoms with Gasteiger partial charge in [0.25, 0.3) is 0 Å². The van der Waals surface area contributed by atoms with Crippen LogP contribution < -0.4 is 5.32 Å². The molecule has 0 aliphatic heterocycles. The molecule has 0 spiro atoms. The number of allylic oxidation sites excluding steroid dienone is 2. The van der Waals surface area contributed by atoms with Gasteiger partial charge in [0.15, 0.2) is 0 Å². The van der Waals surface area contributed by atoms with Crippen molar-refractivity contribution in [3.05, 3.63) is 68.1 Å². The van der Waals surface area contributed by atoms with E-state index in [4.69, 9.17) is 11.6 Å². The molecule has 28 heavy (non-hydrogen) atoms. The molecule has 0 aliphatic carbocycles. The molecule has 0 fully saturated rings. The Morgan fingerprint density at radius 1 is 1.21 bits per heavy atom. The van der Waals surface area contributed by atoms with Gasteiger partial charge in [-0.3, -0.25) is 14.9 Å². The Bertz CT molecular complexity index is 752. The number of hydrogen-bond donors (Lipinski definition) is 2. The van der Waals surface area contributed by atoms with E-state index >= 15 is 0 Å². The number of aliphatic hydroxyl groups excluding tert-OH is 1. The van der Waals surface area contributed by atoms with E-state index in [9.17, 15) is 20.0 Å². The molecule has 0 aromatic heterocycles. The van der Waals surface area contributed by atoms with E-state index in [1.807, 2.05) is 6.92 Å². The smallest absolute Gasteiger partial charge is 0.249 e. The average Bonchev–Trinajstić information content (AvgIpc) is 2.60. The Hall–Kier alpha value is -2.34. The quantitative estimate of drug-likeness (QED) is 0.241. The van der Waals surface area contributed by atoms with Crippen molar-refractivity contribution < 1.29 is 14.8 Å². The molecule has 154 valence electrons. The second-order valence-corrected chi connectivity index (χ2v) is 7.71. The standard InChI is InChI=1S/C21H29ClN2O4/c1-6-7-19(25)23-20(15-8-10-16(22)11-9-15)17(21(26)14(4)5)12-18(13(2)3)24(27)28/h8-14,20,26H,6-7H2,1-5H3,(H,23,25)/b18-12+,21-17-. The summed E-state index contributed by atoms with van der Waals surface area (Å²) < 4.78 is 0. The third-order valence-corrected chi connectivity index (χ3v) is 4.50. The van der Waals surface area contributed by atoms with Crippen LogP contribution in [0.15, 0.2) is 47.4 Å². The molecule has 0 aliphatic rings. The topological polar surface area (TPSA) is 92.5 Å². The molecule has 0 saturated heterocycles. The van der Waals surface area contributed by atoms with E-state index < -0.39 is 11.0 Å². The van der Waals surface area contributed by atoms with Crippen LogP contribution in [0, 0.1) is 22.0 Å². The van der Waals surface area contributed by atoms with Crippen molar-refractivity contribution in [1.82, 2.24) is 5.32 Å². The maximum Gasteiger partial charge on any atom is 0.249 e. The van der Waals surface area contributed by atoms with Crippen LogP contribution in [0.4, 0.5) is 0 Å². The van der Waals surface area contributed by atoms with Crippen LogP contribution in [0.2, 0.25) is 5.02 Å². The van der Waals surface area contributed by atoms with Crippen LogP contribution in [-0.2, 0) is 4.79 Å². The summed E-state index contributed by atoms with van der Waals surface area (Å²) in [4.78, 5) is 23.4. The number of amides is 1. The summed E-state index contributed by atoms with van der Waals surface area (Å²) in [6.45, 7) is 8.90. The zero-order valence-corrected chi connectivity index (χ0v) is 17.8. The second-order valence-electron chi connectivity index (χ2n) is 7.28. The summed E-state index contributed by atoms with van der Waals surface area (Å²) in [7, 11) is 0. The first-order valence-corrected chi connectivity index (χ1v) is 9.80. The molecule has 0 radical (unpaired) electrons. The summed E-state index contributed by atoms with van der Waals surface area (Å²) in [5, 5.41) is 25.7. The highest BCUT2D eigenvalue weighted by Crippen LogP contribution is 2.31. The zero-order valence-electron chi connectivity index (χ0n) is 17.0. The number of nitrogens with zero attached hydrogens (tertiary/aromatic N) is 1. The summed E-state index contributed by atoms with van der Waals surface area (Å²) in [6.07, 6.45) is 2.36. The van der Waals surface area contributed by atoms with Crippen molar-refractivity contribution in [1.29, 1.82) is 0 Å². The lowest BCUT2D eigenvalue weighted by atomic mass is 9.92. The van der Waals surface area contributed by atoms with Crippen molar-refractivity contribution in [2.24, 2.45) is 11.8 Å². The number of halogens is 1. The lowest BCUT2D eigenvalue weighted by Gasteiger charge is -2.23. The number of carbonyl (C=O) groups is 1. The third kappa shape index (κ3) is 6.68. The largest absolute Gasteiger partial charge is 0.512 e. The Morgan fingerprint density at radius 2 is 1.79 bits per heavy atom. The normalized spacial score (nSPS) is 14.1. The predicted molar refractivity (Wildman–Crippen MR) is 112 cm³/mol. The molecule has 6 nitrogen and oxygen atoms in total. The first kappa shape index (κ1) is 23.7. The van der Waals surface area contributed by atoms with Crippen LogP contribution in [0.25, 0.3) is 0 Å². The monoisotopic (exact) mass is 408 g/mol. The molecule has 1 amide bonds. The van der Waals surface area contributed by atoms with Crippen LogP contribution in [0.1, 0.15) is 59.1 Å². The molecule has 1 unspecified atom stereocenters. The highest BCUT2D eigenvalue weighted by Gasteiger charge is 2.26. The highest BCUT2D eigenvalue weighted by molar-refractivity contribution is 6.30. The molecule has 0 saturated carbocycles. The number of nitro groups is 1. The van der Waals surface area contributed by atoms with Gasteiger partial charge in [-0.25, -0.2) is 0 Å². The van der Waals surface area contributed by atoms with Gasteiger partial charge >= 0.3 is 0 Å². The molecular formula is C21H29ClN2O4. The molecule has 2 N–H and O–H groups in total. The van der Waals surface area contributed by atoms with Gasteiger partial charge in [-0.2, -0.15) is 0 Å². The second kappa shape index (κ2) is 10.9. The maximum atomic E-state index is 12.3. The first-order chi connectivity index (χ1) is 13.1. The molecule has 1 aromatic carbocycles. The third-order valence-electron chi connectivity index (χ3n) is 4.25. The Morgan fingerprint density at radius 3 is 2.21 bits per heavy atom. The fourth-order valence-corrected chi connectivity index (χ4v) is 2.81. The number of carbonyl (C=O) groups excluding carboxylic acids is 1. The highest BCUT2D eigenvalue weighted by atomic mass is 35.5. The van der Waals surface area contributed by atoms with Crippen molar-refractivity contribution in [2.75, 3.05) is 0 Å². The van der Waals surface area contributed by atoms with E-state index in [0.29, 0.717) is 29.0 Å². The molecular weight excluding hydrogens is 380 g/mol. The van der Waals surface area contributed by atoms with Crippen LogP contribution >= 0.6 is 11.6 Å². The van der Waals surface area contributed by atoms with Crippen LogP contribution in [0.3, 0.4) is 0 Å². The fourth-order valence-electron chi connectivity index (χ4n) is 2.68. The minimum Gasteiger partial charge on any atom is -0.512 e. The van der Waals surface area contributed by atoms with E-state index in [1.54, 1.807) is 52.0 Å². The van der Waals surface area contributed by atoms with Gasteiger partial charge in [0.1, 0.15) is 5.76 Å². The molecule has 7 heteroatoms. The SMILES string of the molecule is CCCC(=O)NC(C(/C=C(\C(C)C)[N+](=O)[O-])=C(\O)C(C)C)c1ccc(Cl)cc1. The number of aliphatic hydroxyl groups is 1. The lowest BCUT2D eigenvalue weighted by Crippen LogP contribution is -2.30. The number of rotatable bonds is 9. The Kier molecular flexibility index (Phi) is 9.19. The van der Waals surface area contributed by atoms with Gasteiger partial charge in [0, 0.05) is 34.9 Å². The maximum absolute atomic E-state index is 12.3. The summed E-state index contributed by atoms with van der Waals surface area (Å²) >= 11 is 5.98. The molecule has 1 rings (SSSR count).